The fraction of sp³-hybridized carbons (Fsp3) is 1.00. The van der Waals surface area contributed by atoms with Crippen LogP contribution in [0.1, 0.15) is 39.0 Å². The van der Waals surface area contributed by atoms with Gasteiger partial charge in [-0.2, -0.15) is 0 Å². The van der Waals surface area contributed by atoms with Crippen molar-refractivity contribution in [2.45, 2.75) is 45.1 Å². The molecule has 0 aromatic rings. The maximum absolute atomic E-state index is 6.32. The molecule has 0 aromatic heterocycles. The minimum absolute atomic E-state index is 0.439. The summed E-state index contributed by atoms with van der Waals surface area (Å²) in [5, 5.41) is 0. The molecule has 1 aliphatic carbocycles. The molecule has 2 fully saturated rings. The monoisotopic (exact) mass is 254 g/mol. The van der Waals surface area contributed by atoms with E-state index in [0.717, 1.165) is 24.4 Å². The van der Waals surface area contributed by atoms with Crippen LogP contribution in [0.3, 0.4) is 0 Å². The van der Waals surface area contributed by atoms with Crippen molar-refractivity contribution in [2.24, 2.45) is 23.5 Å². The van der Waals surface area contributed by atoms with Gasteiger partial charge < -0.3 is 15.4 Å². The molecule has 0 radical (unpaired) electrons. The fourth-order valence-corrected chi connectivity index (χ4v) is 3.75. The van der Waals surface area contributed by atoms with Crippen LogP contribution in [-0.4, -0.2) is 44.3 Å². The number of nitrogens with zero attached hydrogens (tertiary/aromatic N) is 1. The minimum Gasteiger partial charge on any atom is -0.384 e. The first-order chi connectivity index (χ1) is 8.72. The Morgan fingerprint density at radius 3 is 2.78 bits per heavy atom. The Kier molecular flexibility index (Phi) is 5.46. The van der Waals surface area contributed by atoms with Gasteiger partial charge in [0.25, 0.3) is 0 Å². The van der Waals surface area contributed by atoms with E-state index in [1.165, 1.54) is 51.7 Å². The van der Waals surface area contributed by atoms with Crippen molar-refractivity contribution in [3.05, 3.63) is 0 Å². The summed E-state index contributed by atoms with van der Waals surface area (Å²) >= 11 is 0. The van der Waals surface area contributed by atoms with Gasteiger partial charge in [0, 0.05) is 26.2 Å². The van der Waals surface area contributed by atoms with Crippen LogP contribution in [0.4, 0.5) is 0 Å². The Morgan fingerprint density at radius 1 is 1.22 bits per heavy atom. The standard InChI is InChI=1S/C15H30N2O/c1-3-12-4-5-15(16)14(8-12)10-17-7-6-13(9-17)11-18-2/h12-15H,3-11,16H2,1-2H3. The number of rotatable bonds is 5. The molecule has 4 atom stereocenters. The van der Waals surface area contributed by atoms with E-state index in [1.54, 1.807) is 0 Å². The molecule has 0 amide bonds. The van der Waals surface area contributed by atoms with E-state index in [-0.39, 0.29) is 0 Å². The third-order valence-corrected chi connectivity index (χ3v) is 4.99. The zero-order chi connectivity index (χ0) is 13.0. The summed E-state index contributed by atoms with van der Waals surface area (Å²) < 4.78 is 5.27. The van der Waals surface area contributed by atoms with Crippen LogP contribution < -0.4 is 5.73 Å². The van der Waals surface area contributed by atoms with Crippen LogP contribution in [0, 0.1) is 17.8 Å². The lowest BCUT2D eigenvalue weighted by molar-refractivity contribution is 0.141. The van der Waals surface area contributed by atoms with Gasteiger partial charge in [0.2, 0.25) is 0 Å². The van der Waals surface area contributed by atoms with Gasteiger partial charge in [0.05, 0.1) is 6.61 Å². The van der Waals surface area contributed by atoms with E-state index in [4.69, 9.17) is 10.5 Å². The van der Waals surface area contributed by atoms with E-state index in [1.807, 2.05) is 7.11 Å². The highest BCUT2D eigenvalue weighted by Gasteiger charge is 2.31. The number of ether oxygens (including phenoxy) is 1. The molecule has 18 heavy (non-hydrogen) atoms. The second-order valence-electron chi connectivity index (χ2n) is 6.38. The Morgan fingerprint density at radius 2 is 2.06 bits per heavy atom. The molecular formula is C15H30N2O. The summed E-state index contributed by atoms with van der Waals surface area (Å²) in [6.45, 7) is 6.92. The minimum atomic E-state index is 0.439. The van der Waals surface area contributed by atoms with Crippen molar-refractivity contribution in [3.63, 3.8) is 0 Å². The summed E-state index contributed by atoms with van der Waals surface area (Å²) in [5.41, 5.74) is 6.32. The van der Waals surface area contributed by atoms with Crippen molar-refractivity contribution in [1.29, 1.82) is 0 Å². The highest BCUT2D eigenvalue weighted by molar-refractivity contribution is 4.86. The van der Waals surface area contributed by atoms with Gasteiger partial charge in [0.1, 0.15) is 0 Å². The summed E-state index contributed by atoms with van der Waals surface area (Å²) in [5.74, 6) is 2.40. The zero-order valence-electron chi connectivity index (χ0n) is 12.1. The molecule has 0 bridgehead atoms. The van der Waals surface area contributed by atoms with Gasteiger partial charge in [-0.3, -0.25) is 0 Å². The quantitative estimate of drug-likeness (QED) is 0.816. The Bertz CT molecular complexity index is 247. The predicted molar refractivity (Wildman–Crippen MR) is 75.5 cm³/mol. The predicted octanol–water partition coefficient (Wildman–Crippen LogP) is 2.11. The van der Waals surface area contributed by atoms with Crippen molar-refractivity contribution in [1.82, 2.24) is 4.90 Å². The Hall–Kier alpha value is -0.120. The molecule has 1 aliphatic heterocycles. The van der Waals surface area contributed by atoms with Gasteiger partial charge in [0.15, 0.2) is 0 Å². The summed E-state index contributed by atoms with van der Waals surface area (Å²) in [6, 6.07) is 0.439. The number of likely N-dealkylation sites (tertiary alicyclic amines) is 1. The molecule has 1 heterocycles. The molecule has 1 saturated heterocycles. The van der Waals surface area contributed by atoms with Crippen LogP contribution in [0.25, 0.3) is 0 Å². The maximum Gasteiger partial charge on any atom is 0.0503 e. The lowest BCUT2D eigenvalue weighted by Gasteiger charge is -2.36. The molecule has 3 heteroatoms. The van der Waals surface area contributed by atoms with E-state index in [0.29, 0.717) is 6.04 Å². The van der Waals surface area contributed by atoms with Crippen LogP contribution in [0.15, 0.2) is 0 Å². The average Bonchev–Trinajstić information content (AvgIpc) is 2.80. The molecule has 106 valence electrons. The number of hydrogen-bond donors (Lipinski definition) is 1. The van der Waals surface area contributed by atoms with Gasteiger partial charge in [-0.15, -0.1) is 0 Å². The molecule has 2 N–H and O–H groups in total. The molecule has 4 unspecified atom stereocenters. The van der Waals surface area contributed by atoms with Crippen LogP contribution in [0.2, 0.25) is 0 Å². The number of nitrogens with two attached hydrogens (primary N) is 1. The molecule has 0 spiro atoms. The van der Waals surface area contributed by atoms with E-state index in [9.17, 15) is 0 Å². The summed E-state index contributed by atoms with van der Waals surface area (Å²) in [4.78, 5) is 2.62. The van der Waals surface area contributed by atoms with Crippen LogP contribution in [0.5, 0.6) is 0 Å². The van der Waals surface area contributed by atoms with Gasteiger partial charge in [-0.25, -0.2) is 0 Å². The Balaban J connectivity index is 1.78. The highest BCUT2D eigenvalue weighted by atomic mass is 16.5. The molecule has 0 aromatic carbocycles. The van der Waals surface area contributed by atoms with Crippen LogP contribution in [-0.2, 0) is 4.74 Å². The molecule has 2 aliphatic rings. The fourth-order valence-electron chi connectivity index (χ4n) is 3.75. The largest absolute Gasteiger partial charge is 0.384 e. The zero-order valence-corrected chi connectivity index (χ0v) is 12.1. The van der Waals surface area contributed by atoms with E-state index >= 15 is 0 Å². The van der Waals surface area contributed by atoms with Gasteiger partial charge in [-0.1, -0.05) is 13.3 Å². The lowest BCUT2D eigenvalue weighted by Crippen LogP contribution is -2.42. The highest BCUT2D eigenvalue weighted by Crippen LogP contribution is 2.31. The molecular weight excluding hydrogens is 224 g/mol. The topological polar surface area (TPSA) is 38.5 Å². The van der Waals surface area contributed by atoms with Crippen molar-refractivity contribution in [2.75, 3.05) is 33.4 Å². The second-order valence-corrected chi connectivity index (χ2v) is 6.38. The van der Waals surface area contributed by atoms with Crippen molar-refractivity contribution >= 4 is 0 Å². The first kappa shape index (κ1) is 14.3. The second kappa shape index (κ2) is 6.88. The van der Waals surface area contributed by atoms with E-state index < -0.39 is 0 Å². The number of methoxy groups -OCH3 is 1. The maximum atomic E-state index is 6.32. The van der Waals surface area contributed by atoms with E-state index in [2.05, 4.69) is 11.8 Å². The first-order valence-electron chi connectivity index (χ1n) is 7.69. The van der Waals surface area contributed by atoms with Crippen molar-refractivity contribution in [3.8, 4) is 0 Å². The third kappa shape index (κ3) is 3.69. The third-order valence-electron chi connectivity index (χ3n) is 4.99. The summed E-state index contributed by atoms with van der Waals surface area (Å²) in [7, 11) is 1.81. The normalized spacial score (nSPS) is 38.2. The van der Waals surface area contributed by atoms with Crippen LogP contribution >= 0.6 is 0 Å². The molecule has 3 nitrogen and oxygen atoms in total. The molecule has 1 saturated carbocycles. The first-order valence-corrected chi connectivity index (χ1v) is 7.69. The van der Waals surface area contributed by atoms with Crippen molar-refractivity contribution < 1.29 is 4.74 Å². The van der Waals surface area contributed by atoms with Gasteiger partial charge >= 0.3 is 0 Å². The SMILES string of the molecule is CCC1CCC(N)C(CN2CCC(COC)C2)C1. The summed E-state index contributed by atoms with van der Waals surface area (Å²) in [6.07, 6.45) is 6.56. The van der Waals surface area contributed by atoms with Gasteiger partial charge in [-0.05, 0) is 50.0 Å². The Labute approximate surface area is 112 Å². The lowest BCUT2D eigenvalue weighted by atomic mass is 9.77. The number of hydrogen-bond acceptors (Lipinski definition) is 3. The molecule has 2 rings (SSSR count). The average molecular weight is 254 g/mol. The smallest absolute Gasteiger partial charge is 0.0503 e.